The summed E-state index contributed by atoms with van der Waals surface area (Å²) in [5, 5.41) is 3.07. The van der Waals surface area contributed by atoms with E-state index in [2.05, 4.69) is 9.88 Å². The van der Waals surface area contributed by atoms with Crippen molar-refractivity contribution in [3.05, 3.63) is 87.0 Å². The van der Waals surface area contributed by atoms with Crippen molar-refractivity contribution in [1.29, 1.82) is 0 Å². The Labute approximate surface area is 201 Å². The van der Waals surface area contributed by atoms with Crippen LogP contribution in [0.15, 0.2) is 59.5 Å². The molecule has 2 aromatic carbocycles. The summed E-state index contributed by atoms with van der Waals surface area (Å²) in [6.45, 7) is 5.63. The number of nitrogens with zero attached hydrogens (tertiary/aromatic N) is 2. The minimum Gasteiger partial charge on any atom is -0.326 e. The fourth-order valence-corrected chi connectivity index (χ4v) is 4.73. The van der Waals surface area contributed by atoms with Gasteiger partial charge in [-0.05, 0) is 85.3 Å². The molecular formula is C25H22ClN3O3S. The Hall–Kier alpha value is -3.29. The summed E-state index contributed by atoms with van der Waals surface area (Å²) in [4.78, 5) is 38.3. The van der Waals surface area contributed by atoms with E-state index >= 15 is 0 Å². The average molecular weight is 480 g/mol. The monoisotopic (exact) mass is 479 g/mol. The van der Waals surface area contributed by atoms with Crippen LogP contribution in [-0.4, -0.2) is 26.5 Å². The van der Waals surface area contributed by atoms with Crippen LogP contribution in [0, 0.1) is 13.8 Å². The maximum Gasteiger partial charge on any atom is 0.293 e. The molecule has 0 radical (unpaired) electrons. The Bertz CT molecular complexity index is 1280. The Morgan fingerprint density at radius 2 is 1.73 bits per heavy atom. The van der Waals surface area contributed by atoms with Gasteiger partial charge in [0.25, 0.3) is 11.1 Å². The number of thioether (sulfide) groups is 1. The van der Waals surface area contributed by atoms with Crippen molar-refractivity contribution < 1.29 is 14.4 Å². The quantitative estimate of drug-likeness (QED) is 0.459. The van der Waals surface area contributed by atoms with Gasteiger partial charge in [-0.25, -0.2) is 0 Å². The van der Waals surface area contributed by atoms with Crippen molar-refractivity contribution in [3.63, 3.8) is 0 Å². The van der Waals surface area contributed by atoms with Crippen LogP contribution in [0.2, 0.25) is 5.02 Å². The largest absolute Gasteiger partial charge is 0.326 e. The number of aromatic nitrogens is 1. The van der Waals surface area contributed by atoms with E-state index in [4.69, 9.17) is 11.6 Å². The number of anilines is 1. The maximum atomic E-state index is 12.9. The number of nitrogens with one attached hydrogen (secondary N) is 1. The Kier molecular flexibility index (Phi) is 6.44. The second kappa shape index (κ2) is 9.29. The predicted molar refractivity (Wildman–Crippen MR) is 133 cm³/mol. The molecule has 0 bridgehead atoms. The highest BCUT2D eigenvalue weighted by Gasteiger charge is 2.35. The second-order valence-electron chi connectivity index (χ2n) is 7.78. The molecule has 168 valence electrons. The molecule has 1 aliphatic rings. The molecule has 1 aromatic heterocycles. The fourth-order valence-electron chi connectivity index (χ4n) is 3.78. The summed E-state index contributed by atoms with van der Waals surface area (Å²) >= 11 is 6.87. The molecule has 3 aromatic rings. The van der Waals surface area contributed by atoms with E-state index in [1.54, 1.807) is 30.3 Å². The van der Waals surface area contributed by atoms with Gasteiger partial charge in [-0.1, -0.05) is 23.7 Å². The molecule has 8 heteroatoms. The minimum atomic E-state index is -0.301. The third-order valence-electron chi connectivity index (χ3n) is 5.33. The van der Waals surface area contributed by atoms with Gasteiger partial charge in [0.15, 0.2) is 0 Å². The number of halogens is 1. The molecule has 2 heterocycles. The number of carbonyl (C=O) groups excluding carboxylic acids is 3. The first-order valence-electron chi connectivity index (χ1n) is 10.3. The summed E-state index contributed by atoms with van der Waals surface area (Å²) in [7, 11) is 0. The molecule has 6 nitrogen and oxygen atoms in total. The maximum absolute atomic E-state index is 12.9. The standard InChI is InChI=1S/C25H22ClN3O3S/c1-15-12-19(16(2)29(15)22-10-8-21(9-11-22)27-17(3)30)13-23-24(31)28(25(32)33-23)14-18-4-6-20(26)7-5-18/h4-13H,14H2,1-3H3,(H,27,30)/b23-13-. The molecule has 1 fully saturated rings. The topological polar surface area (TPSA) is 71.4 Å². The van der Waals surface area contributed by atoms with Crippen LogP contribution in [0.4, 0.5) is 10.5 Å². The van der Waals surface area contributed by atoms with E-state index in [-0.39, 0.29) is 23.6 Å². The van der Waals surface area contributed by atoms with Crippen molar-refractivity contribution in [2.24, 2.45) is 0 Å². The number of benzene rings is 2. The highest BCUT2D eigenvalue weighted by atomic mass is 35.5. The van der Waals surface area contributed by atoms with E-state index in [0.29, 0.717) is 9.93 Å². The zero-order valence-electron chi connectivity index (χ0n) is 18.4. The van der Waals surface area contributed by atoms with Gasteiger partial charge in [-0.3, -0.25) is 19.3 Å². The summed E-state index contributed by atoms with van der Waals surface area (Å²) < 4.78 is 2.07. The number of rotatable bonds is 5. The SMILES string of the molecule is CC(=O)Nc1ccc(-n2c(C)cc(/C=C3\SC(=O)N(Cc4ccc(Cl)cc4)C3=O)c2C)cc1. The van der Waals surface area contributed by atoms with Crippen LogP contribution in [0.1, 0.15) is 29.4 Å². The molecule has 4 rings (SSSR count). The van der Waals surface area contributed by atoms with Gasteiger partial charge >= 0.3 is 0 Å². The zero-order chi connectivity index (χ0) is 23.7. The van der Waals surface area contributed by atoms with Crippen molar-refractivity contribution in [2.75, 3.05) is 5.32 Å². The van der Waals surface area contributed by atoms with Crippen LogP contribution in [0.25, 0.3) is 11.8 Å². The first-order chi connectivity index (χ1) is 15.7. The number of aryl methyl sites for hydroxylation is 1. The van der Waals surface area contributed by atoms with Gasteiger partial charge in [0.05, 0.1) is 11.4 Å². The summed E-state index contributed by atoms with van der Waals surface area (Å²) in [6.07, 6.45) is 1.78. The number of imide groups is 1. The lowest BCUT2D eigenvalue weighted by atomic mass is 10.2. The van der Waals surface area contributed by atoms with Crippen molar-refractivity contribution in [1.82, 2.24) is 9.47 Å². The van der Waals surface area contributed by atoms with E-state index in [1.165, 1.54) is 11.8 Å². The first-order valence-corrected chi connectivity index (χ1v) is 11.5. The molecule has 1 saturated heterocycles. The van der Waals surface area contributed by atoms with E-state index in [9.17, 15) is 14.4 Å². The van der Waals surface area contributed by atoms with Crippen LogP contribution in [0.3, 0.4) is 0 Å². The van der Waals surface area contributed by atoms with Gasteiger partial charge in [-0.2, -0.15) is 0 Å². The van der Waals surface area contributed by atoms with Crippen LogP contribution in [0.5, 0.6) is 0 Å². The van der Waals surface area contributed by atoms with Gasteiger partial charge < -0.3 is 9.88 Å². The molecule has 3 amide bonds. The number of amides is 3. The molecule has 1 aliphatic heterocycles. The fraction of sp³-hybridized carbons (Fsp3) is 0.160. The lowest BCUT2D eigenvalue weighted by Gasteiger charge is -2.12. The molecule has 0 aliphatic carbocycles. The van der Waals surface area contributed by atoms with Crippen LogP contribution < -0.4 is 5.32 Å². The van der Waals surface area contributed by atoms with Gasteiger partial charge in [0, 0.05) is 34.7 Å². The highest BCUT2D eigenvalue weighted by Crippen LogP contribution is 2.35. The number of carbonyl (C=O) groups is 3. The Morgan fingerprint density at radius 1 is 1.06 bits per heavy atom. The predicted octanol–water partition coefficient (Wildman–Crippen LogP) is 5.94. The summed E-state index contributed by atoms with van der Waals surface area (Å²) in [5.41, 5.74) is 5.31. The molecule has 0 saturated carbocycles. The van der Waals surface area contributed by atoms with E-state index in [0.717, 1.165) is 45.7 Å². The van der Waals surface area contributed by atoms with Crippen molar-refractivity contribution >= 4 is 52.2 Å². The molecule has 33 heavy (non-hydrogen) atoms. The molecular weight excluding hydrogens is 458 g/mol. The first kappa shape index (κ1) is 22.9. The zero-order valence-corrected chi connectivity index (χ0v) is 20.0. The minimum absolute atomic E-state index is 0.122. The summed E-state index contributed by atoms with van der Waals surface area (Å²) in [5.74, 6) is -0.423. The third kappa shape index (κ3) is 4.89. The average Bonchev–Trinajstić information content (AvgIpc) is 3.19. The molecule has 0 atom stereocenters. The number of hydrogen-bond acceptors (Lipinski definition) is 4. The lowest BCUT2D eigenvalue weighted by molar-refractivity contribution is -0.123. The second-order valence-corrected chi connectivity index (χ2v) is 9.21. The Balaban J connectivity index is 1.58. The Morgan fingerprint density at radius 3 is 2.36 bits per heavy atom. The van der Waals surface area contributed by atoms with Gasteiger partial charge in [-0.15, -0.1) is 0 Å². The smallest absolute Gasteiger partial charge is 0.293 e. The highest BCUT2D eigenvalue weighted by molar-refractivity contribution is 8.18. The van der Waals surface area contributed by atoms with Crippen molar-refractivity contribution in [3.8, 4) is 5.69 Å². The van der Waals surface area contributed by atoms with Crippen molar-refractivity contribution in [2.45, 2.75) is 27.3 Å². The normalized spacial score (nSPS) is 14.9. The molecule has 0 unspecified atom stereocenters. The molecule has 1 N–H and O–H groups in total. The van der Waals surface area contributed by atoms with Gasteiger partial charge in [0.2, 0.25) is 5.91 Å². The van der Waals surface area contributed by atoms with E-state index in [1.807, 2.05) is 44.2 Å². The number of hydrogen-bond donors (Lipinski definition) is 1. The van der Waals surface area contributed by atoms with E-state index < -0.39 is 0 Å². The van der Waals surface area contributed by atoms with Crippen LogP contribution in [-0.2, 0) is 16.1 Å². The summed E-state index contributed by atoms with van der Waals surface area (Å²) in [6, 6.07) is 16.6. The molecule has 0 spiro atoms. The lowest BCUT2D eigenvalue weighted by Crippen LogP contribution is -2.27. The third-order valence-corrected chi connectivity index (χ3v) is 6.49. The van der Waals surface area contributed by atoms with Gasteiger partial charge in [0.1, 0.15) is 0 Å². The van der Waals surface area contributed by atoms with Crippen LogP contribution >= 0.6 is 23.4 Å².